The molecule has 2 aromatic carbocycles. The minimum atomic E-state index is -0.532. The number of nitrogens with one attached hydrogen (secondary N) is 1. The molecule has 2 aromatic rings. The number of Topliss-reactive ketones (excluding diaryl/α,β-unsaturated/α-hetero) is 1. The molecule has 0 aromatic heterocycles. The number of ketones is 1. The highest BCUT2D eigenvalue weighted by Gasteiger charge is 2.22. The molecule has 1 N–H and O–H groups in total. The first kappa shape index (κ1) is 22.1. The molecule has 0 amide bonds. The predicted octanol–water partition coefficient (Wildman–Crippen LogP) is 7.13. The van der Waals surface area contributed by atoms with Crippen molar-refractivity contribution in [2.24, 2.45) is 0 Å². The monoisotopic (exact) mass is 441 g/mol. The van der Waals surface area contributed by atoms with Gasteiger partial charge in [0, 0.05) is 16.5 Å². The fourth-order valence-electron chi connectivity index (χ4n) is 2.67. The number of rotatable bonds is 10. The molecule has 4 heteroatoms. The Morgan fingerprint density at radius 1 is 1.11 bits per heavy atom. The number of hydrogen-bond donors (Lipinski definition) is 1. The normalized spacial score (nSPS) is 13.1. The highest BCUT2D eigenvalue weighted by Crippen LogP contribution is 2.23. The van der Waals surface area contributed by atoms with Gasteiger partial charge < -0.3 is 0 Å². The van der Waals surface area contributed by atoms with E-state index in [2.05, 4.69) is 41.3 Å². The van der Waals surface area contributed by atoms with E-state index in [1.807, 2.05) is 73.7 Å². The van der Waals surface area contributed by atoms with E-state index < -0.39 is 5.60 Å². The molecule has 0 fully saturated rings. The Labute approximate surface area is 176 Å². The van der Waals surface area contributed by atoms with Crippen LogP contribution in [0, 0.1) is 0 Å². The lowest BCUT2D eigenvalue weighted by Crippen LogP contribution is -2.29. The summed E-state index contributed by atoms with van der Waals surface area (Å²) in [7, 11) is 0. The minimum absolute atomic E-state index is 0.101. The van der Waals surface area contributed by atoms with Crippen LogP contribution in [0.4, 0.5) is 5.69 Å². The third kappa shape index (κ3) is 7.83. The van der Waals surface area contributed by atoms with Gasteiger partial charge >= 0.3 is 0 Å². The van der Waals surface area contributed by atoms with Crippen LogP contribution < -0.4 is 5.48 Å². The highest BCUT2D eigenvalue weighted by atomic mass is 79.9. The van der Waals surface area contributed by atoms with Crippen LogP contribution in [0.15, 0.2) is 82.9 Å². The third-order valence-corrected chi connectivity index (χ3v) is 4.84. The van der Waals surface area contributed by atoms with E-state index in [-0.39, 0.29) is 5.78 Å². The largest absolute Gasteiger partial charge is 0.294 e. The maximum atomic E-state index is 12.3. The second kappa shape index (κ2) is 11.0. The van der Waals surface area contributed by atoms with Crippen LogP contribution >= 0.6 is 15.9 Å². The molecule has 2 rings (SSSR count). The van der Waals surface area contributed by atoms with E-state index in [0.717, 1.165) is 28.6 Å². The zero-order chi connectivity index (χ0) is 20.4. The van der Waals surface area contributed by atoms with Crippen LogP contribution in [-0.2, 0) is 4.84 Å². The van der Waals surface area contributed by atoms with E-state index in [1.165, 1.54) is 5.57 Å². The van der Waals surface area contributed by atoms with E-state index >= 15 is 0 Å². The van der Waals surface area contributed by atoms with Crippen molar-refractivity contribution in [3.05, 3.63) is 88.4 Å². The first-order valence-electron chi connectivity index (χ1n) is 9.47. The predicted molar refractivity (Wildman–Crippen MR) is 120 cm³/mol. The molecule has 1 atom stereocenters. The number of hydrogen-bond acceptors (Lipinski definition) is 3. The maximum Gasteiger partial charge on any atom is 0.166 e. The van der Waals surface area contributed by atoms with Gasteiger partial charge in [0.1, 0.15) is 5.60 Å². The van der Waals surface area contributed by atoms with E-state index in [4.69, 9.17) is 4.84 Å². The van der Waals surface area contributed by atoms with Crippen molar-refractivity contribution in [2.45, 2.75) is 45.6 Å². The molecule has 148 valence electrons. The molecule has 0 saturated heterocycles. The first-order chi connectivity index (χ1) is 13.4. The average molecular weight is 442 g/mol. The number of benzene rings is 2. The molecule has 0 bridgehead atoms. The Morgan fingerprint density at radius 3 is 2.43 bits per heavy atom. The molecule has 0 radical (unpaired) electrons. The quantitative estimate of drug-likeness (QED) is 0.242. The Hall–Kier alpha value is -2.17. The fourth-order valence-corrected chi connectivity index (χ4v) is 2.93. The number of halogens is 1. The van der Waals surface area contributed by atoms with Gasteiger partial charge in [-0.05, 0) is 57.9 Å². The van der Waals surface area contributed by atoms with Gasteiger partial charge in [0.05, 0.1) is 5.69 Å². The van der Waals surface area contributed by atoms with Crippen LogP contribution in [0.1, 0.15) is 50.4 Å². The summed E-state index contributed by atoms with van der Waals surface area (Å²) >= 11 is 3.43. The number of anilines is 1. The molecule has 0 unspecified atom stereocenters. The Bertz CT molecular complexity index is 808. The van der Waals surface area contributed by atoms with Crippen molar-refractivity contribution >= 4 is 27.4 Å². The summed E-state index contributed by atoms with van der Waals surface area (Å²) in [6.45, 7) is 6.21. The standard InChI is InChI=1S/C24H28BrNO2/c1-19(2)9-7-17-24(3,28-26-22-15-13-21(25)14-16-22)18-8-12-23(27)20-10-5-4-6-11-20/h4-6,8-11,13-16,18,26H,7,12,17H2,1-3H3/b18-8+/t24-/m1/s1. The molecule has 0 spiro atoms. The molecular weight excluding hydrogens is 414 g/mol. The molecule has 0 heterocycles. The van der Waals surface area contributed by atoms with Crippen LogP contribution in [0.5, 0.6) is 0 Å². The van der Waals surface area contributed by atoms with Crippen LogP contribution in [0.25, 0.3) is 0 Å². The van der Waals surface area contributed by atoms with Gasteiger partial charge in [-0.25, -0.2) is 0 Å². The van der Waals surface area contributed by atoms with Gasteiger partial charge in [0.25, 0.3) is 0 Å². The lowest BCUT2D eigenvalue weighted by molar-refractivity contribution is 0.0398. The summed E-state index contributed by atoms with van der Waals surface area (Å²) in [5, 5.41) is 0. The first-order valence-corrected chi connectivity index (χ1v) is 10.3. The summed E-state index contributed by atoms with van der Waals surface area (Å²) in [4.78, 5) is 18.4. The number of allylic oxidation sites excluding steroid dienone is 3. The highest BCUT2D eigenvalue weighted by molar-refractivity contribution is 9.10. The fraction of sp³-hybridized carbons (Fsp3) is 0.292. The van der Waals surface area contributed by atoms with Crippen molar-refractivity contribution in [3.63, 3.8) is 0 Å². The van der Waals surface area contributed by atoms with Gasteiger partial charge in [-0.3, -0.25) is 15.1 Å². The van der Waals surface area contributed by atoms with E-state index in [0.29, 0.717) is 6.42 Å². The smallest absolute Gasteiger partial charge is 0.166 e. The average Bonchev–Trinajstić information content (AvgIpc) is 2.68. The third-order valence-electron chi connectivity index (χ3n) is 4.31. The number of carbonyl (C=O) groups excluding carboxylic acids is 1. The van der Waals surface area contributed by atoms with E-state index in [1.54, 1.807) is 0 Å². The van der Waals surface area contributed by atoms with Gasteiger partial charge in [0.15, 0.2) is 5.78 Å². The Kier molecular flexibility index (Phi) is 8.68. The van der Waals surface area contributed by atoms with Crippen molar-refractivity contribution in [2.75, 3.05) is 5.48 Å². The minimum Gasteiger partial charge on any atom is -0.294 e. The lowest BCUT2D eigenvalue weighted by atomic mass is 9.97. The van der Waals surface area contributed by atoms with Crippen LogP contribution in [0.2, 0.25) is 0 Å². The Balaban J connectivity index is 2.02. The molecule has 0 aliphatic heterocycles. The zero-order valence-electron chi connectivity index (χ0n) is 16.7. The molecular formula is C24H28BrNO2. The van der Waals surface area contributed by atoms with Crippen molar-refractivity contribution in [3.8, 4) is 0 Å². The lowest BCUT2D eigenvalue weighted by Gasteiger charge is -2.26. The Morgan fingerprint density at radius 2 is 1.79 bits per heavy atom. The molecule has 0 aliphatic carbocycles. The van der Waals surface area contributed by atoms with Gasteiger partial charge in [-0.2, -0.15) is 0 Å². The molecule has 3 nitrogen and oxygen atoms in total. The SMILES string of the molecule is CC(C)=CCC[C@](C)(/C=C/CC(=O)c1ccccc1)ONc1ccc(Br)cc1. The second-order valence-corrected chi connectivity index (χ2v) is 8.16. The zero-order valence-corrected chi connectivity index (χ0v) is 18.3. The summed E-state index contributed by atoms with van der Waals surface area (Å²) in [6, 6.07) is 17.2. The van der Waals surface area contributed by atoms with Crippen molar-refractivity contribution in [1.29, 1.82) is 0 Å². The topological polar surface area (TPSA) is 38.3 Å². The summed E-state index contributed by atoms with van der Waals surface area (Å²) in [6.07, 6.45) is 8.14. The summed E-state index contributed by atoms with van der Waals surface area (Å²) in [5.41, 5.74) is 5.40. The summed E-state index contributed by atoms with van der Waals surface area (Å²) < 4.78 is 1.02. The van der Waals surface area contributed by atoms with Crippen LogP contribution in [0.3, 0.4) is 0 Å². The number of carbonyl (C=O) groups is 1. The molecule has 28 heavy (non-hydrogen) atoms. The van der Waals surface area contributed by atoms with Gasteiger partial charge in [-0.15, -0.1) is 0 Å². The molecule has 0 aliphatic rings. The van der Waals surface area contributed by atoms with Crippen LogP contribution in [-0.4, -0.2) is 11.4 Å². The van der Waals surface area contributed by atoms with Gasteiger partial charge in [0.2, 0.25) is 0 Å². The van der Waals surface area contributed by atoms with E-state index in [9.17, 15) is 4.79 Å². The maximum absolute atomic E-state index is 12.3. The summed E-state index contributed by atoms with van der Waals surface area (Å²) in [5.74, 6) is 0.101. The molecule has 0 saturated carbocycles. The van der Waals surface area contributed by atoms with Crippen molar-refractivity contribution < 1.29 is 9.63 Å². The van der Waals surface area contributed by atoms with Gasteiger partial charge in [-0.1, -0.05) is 70.1 Å². The second-order valence-electron chi connectivity index (χ2n) is 7.24. The van der Waals surface area contributed by atoms with Crippen molar-refractivity contribution in [1.82, 2.24) is 0 Å².